The average Bonchev–Trinajstić information content (AvgIpc) is 2.63. The zero-order chi connectivity index (χ0) is 21.5. The molecular formula is C18H34N4O6. The number of nitrogens with one attached hydrogen (secondary N) is 1. The minimum absolute atomic E-state index is 0.0488. The molecule has 0 spiro atoms. The van der Waals surface area contributed by atoms with Crippen molar-refractivity contribution in [1.82, 2.24) is 5.32 Å². The quantitative estimate of drug-likeness (QED) is 0.125. The molecule has 0 aromatic carbocycles. The Morgan fingerprint density at radius 1 is 0.786 bits per heavy atom. The number of nitrogens with two attached hydrogens (primary N) is 3. The second-order valence-corrected chi connectivity index (χ2v) is 6.88. The molecule has 0 aliphatic heterocycles. The molecular weight excluding hydrogens is 368 g/mol. The molecule has 162 valence electrons. The van der Waals surface area contributed by atoms with E-state index >= 15 is 0 Å². The van der Waals surface area contributed by atoms with Crippen LogP contribution in [-0.2, 0) is 14.4 Å². The maximum atomic E-state index is 10.9. The van der Waals surface area contributed by atoms with Gasteiger partial charge in [0.25, 0.3) is 0 Å². The van der Waals surface area contributed by atoms with Gasteiger partial charge in [0.05, 0.1) is 0 Å². The fourth-order valence-corrected chi connectivity index (χ4v) is 2.50. The van der Waals surface area contributed by atoms with Crippen molar-refractivity contribution in [3.05, 3.63) is 12.2 Å². The second-order valence-electron chi connectivity index (χ2n) is 6.88. The van der Waals surface area contributed by atoms with E-state index < -0.39 is 36.0 Å². The van der Waals surface area contributed by atoms with Gasteiger partial charge in [-0.3, -0.25) is 14.4 Å². The molecule has 0 rings (SSSR count). The highest BCUT2D eigenvalue weighted by atomic mass is 16.4. The average molecular weight is 402 g/mol. The number of unbranched alkanes of at least 4 members (excludes halogenated alkanes) is 1. The summed E-state index contributed by atoms with van der Waals surface area (Å²) in [7, 11) is 0. The number of hydrogen-bond donors (Lipinski definition) is 7. The Hall–Kier alpha value is -2.01. The van der Waals surface area contributed by atoms with Crippen LogP contribution in [0.4, 0.5) is 0 Å². The van der Waals surface area contributed by atoms with E-state index in [1.165, 1.54) is 0 Å². The van der Waals surface area contributed by atoms with Gasteiger partial charge >= 0.3 is 17.9 Å². The van der Waals surface area contributed by atoms with E-state index in [0.29, 0.717) is 51.6 Å². The third kappa shape index (κ3) is 13.2. The van der Waals surface area contributed by atoms with Crippen molar-refractivity contribution in [1.29, 1.82) is 0 Å². The van der Waals surface area contributed by atoms with Crippen molar-refractivity contribution in [2.24, 2.45) is 23.1 Å². The maximum Gasteiger partial charge on any atom is 0.320 e. The normalized spacial score (nSPS) is 15.8. The topological polar surface area (TPSA) is 202 Å². The first-order valence-electron chi connectivity index (χ1n) is 9.47. The van der Waals surface area contributed by atoms with Crippen LogP contribution in [0.2, 0.25) is 0 Å². The van der Waals surface area contributed by atoms with Crippen LogP contribution in [0, 0.1) is 5.92 Å². The molecule has 0 aromatic heterocycles. The molecule has 4 atom stereocenters. The lowest BCUT2D eigenvalue weighted by Crippen LogP contribution is -2.32. The number of carboxylic acid groups (broad SMARTS) is 3. The van der Waals surface area contributed by atoms with Gasteiger partial charge in [0.2, 0.25) is 0 Å². The first-order chi connectivity index (χ1) is 13.1. The second kappa shape index (κ2) is 15.0. The van der Waals surface area contributed by atoms with Crippen molar-refractivity contribution >= 4 is 17.9 Å². The molecule has 10 N–H and O–H groups in total. The van der Waals surface area contributed by atoms with E-state index in [-0.39, 0.29) is 5.92 Å². The highest BCUT2D eigenvalue weighted by Crippen LogP contribution is 2.11. The lowest BCUT2D eigenvalue weighted by Gasteiger charge is -2.16. The van der Waals surface area contributed by atoms with Crippen LogP contribution >= 0.6 is 0 Å². The van der Waals surface area contributed by atoms with Crippen LogP contribution < -0.4 is 22.5 Å². The zero-order valence-electron chi connectivity index (χ0n) is 16.1. The van der Waals surface area contributed by atoms with Crippen molar-refractivity contribution in [3.8, 4) is 0 Å². The number of hydrogen-bond acceptors (Lipinski definition) is 7. The first-order valence-corrected chi connectivity index (χ1v) is 9.47. The van der Waals surface area contributed by atoms with Crippen LogP contribution in [-0.4, -0.2) is 64.4 Å². The summed E-state index contributed by atoms with van der Waals surface area (Å²) in [6.45, 7) is 1.30. The monoisotopic (exact) mass is 402 g/mol. The van der Waals surface area contributed by atoms with E-state index in [1.54, 1.807) is 0 Å². The lowest BCUT2D eigenvalue weighted by atomic mass is 9.98. The molecule has 0 fully saturated rings. The van der Waals surface area contributed by atoms with Gasteiger partial charge in [-0.2, -0.15) is 0 Å². The number of carbonyl (C=O) groups is 3. The van der Waals surface area contributed by atoms with Crippen molar-refractivity contribution in [2.75, 3.05) is 13.1 Å². The van der Waals surface area contributed by atoms with Gasteiger partial charge in [-0.05, 0) is 51.0 Å². The molecule has 0 aromatic rings. The van der Waals surface area contributed by atoms with Gasteiger partial charge < -0.3 is 37.8 Å². The van der Waals surface area contributed by atoms with Crippen LogP contribution in [0.3, 0.4) is 0 Å². The summed E-state index contributed by atoms with van der Waals surface area (Å²) < 4.78 is 0. The molecule has 0 aliphatic carbocycles. The number of allylic oxidation sites excluding steroid dienone is 1. The Morgan fingerprint density at radius 3 is 1.89 bits per heavy atom. The lowest BCUT2D eigenvalue weighted by molar-refractivity contribution is -0.139. The van der Waals surface area contributed by atoms with Gasteiger partial charge in [0.1, 0.15) is 18.1 Å². The van der Waals surface area contributed by atoms with Crippen LogP contribution in [0.25, 0.3) is 0 Å². The highest BCUT2D eigenvalue weighted by molar-refractivity contribution is 5.73. The predicted octanol–water partition coefficient (Wildman–Crippen LogP) is -0.285. The standard InChI is InChI=1S/C18H34N4O6/c19-13(16(23)24)6-2-1-5-12(8-9-15(21)18(27)28)11-22-10-4-3-7-14(20)17(25)26/h1,5,12-15,22H,2-4,6-11,19-21H2,(H,23,24)(H,25,26)(H,27,28). The molecule has 0 bridgehead atoms. The Kier molecular flexibility index (Phi) is 13.9. The summed E-state index contributed by atoms with van der Waals surface area (Å²) in [5.74, 6) is -3.04. The van der Waals surface area contributed by atoms with Crippen LogP contribution in [0.1, 0.15) is 44.9 Å². The van der Waals surface area contributed by atoms with Crippen molar-refractivity contribution in [2.45, 2.75) is 63.1 Å². The predicted molar refractivity (Wildman–Crippen MR) is 105 cm³/mol. The summed E-state index contributed by atoms with van der Waals surface area (Å²) >= 11 is 0. The fourth-order valence-electron chi connectivity index (χ4n) is 2.50. The van der Waals surface area contributed by atoms with Crippen molar-refractivity contribution in [3.63, 3.8) is 0 Å². The third-order valence-corrected chi connectivity index (χ3v) is 4.38. The molecule has 10 nitrogen and oxygen atoms in total. The number of carboxylic acids is 3. The van der Waals surface area contributed by atoms with Gasteiger partial charge in [-0.15, -0.1) is 0 Å². The van der Waals surface area contributed by atoms with Gasteiger partial charge in [0.15, 0.2) is 0 Å². The molecule has 0 heterocycles. The Labute approximate surface area is 165 Å². The highest BCUT2D eigenvalue weighted by Gasteiger charge is 2.15. The molecule has 0 saturated heterocycles. The molecule has 28 heavy (non-hydrogen) atoms. The number of rotatable bonds is 17. The van der Waals surface area contributed by atoms with E-state index in [9.17, 15) is 14.4 Å². The van der Waals surface area contributed by atoms with E-state index in [0.717, 1.165) is 6.42 Å². The Balaban J connectivity index is 4.30. The van der Waals surface area contributed by atoms with Crippen molar-refractivity contribution < 1.29 is 29.7 Å². The summed E-state index contributed by atoms with van der Waals surface area (Å²) in [6.07, 6.45) is 7.41. The van der Waals surface area contributed by atoms with Crippen LogP contribution in [0.5, 0.6) is 0 Å². The van der Waals surface area contributed by atoms with E-state index in [4.69, 9.17) is 32.5 Å². The molecule has 10 heteroatoms. The van der Waals surface area contributed by atoms with E-state index in [2.05, 4.69) is 5.32 Å². The van der Waals surface area contributed by atoms with Crippen LogP contribution in [0.15, 0.2) is 12.2 Å². The minimum atomic E-state index is -1.04. The zero-order valence-corrected chi connectivity index (χ0v) is 16.1. The maximum absolute atomic E-state index is 10.9. The fraction of sp³-hybridized carbons (Fsp3) is 0.722. The Morgan fingerprint density at radius 2 is 1.32 bits per heavy atom. The summed E-state index contributed by atoms with van der Waals surface area (Å²) in [6, 6.07) is -2.67. The molecule has 0 aliphatic rings. The number of aliphatic carboxylic acids is 3. The largest absolute Gasteiger partial charge is 0.480 e. The first kappa shape index (κ1) is 26.0. The van der Waals surface area contributed by atoms with Gasteiger partial charge in [0, 0.05) is 6.54 Å². The molecule has 0 radical (unpaired) electrons. The molecule has 0 saturated carbocycles. The summed E-state index contributed by atoms with van der Waals surface area (Å²) in [5.41, 5.74) is 16.5. The Bertz CT molecular complexity index is 514. The smallest absolute Gasteiger partial charge is 0.320 e. The molecule has 0 amide bonds. The van der Waals surface area contributed by atoms with Gasteiger partial charge in [-0.1, -0.05) is 18.6 Å². The molecule has 4 unspecified atom stereocenters. The summed E-state index contributed by atoms with van der Waals surface area (Å²) in [5, 5.41) is 29.7. The summed E-state index contributed by atoms with van der Waals surface area (Å²) in [4.78, 5) is 32.2. The third-order valence-electron chi connectivity index (χ3n) is 4.38. The van der Waals surface area contributed by atoms with E-state index in [1.807, 2.05) is 12.2 Å². The van der Waals surface area contributed by atoms with Gasteiger partial charge in [-0.25, -0.2) is 0 Å². The SMILES string of the molecule is NC(CCC=CC(CCC(N)C(=O)O)CNCCCCC(N)C(=O)O)C(=O)O. The minimum Gasteiger partial charge on any atom is -0.480 e.